The van der Waals surface area contributed by atoms with Crippen LogP contribution in [0, 0.1) is 11.3 Å². The molecule has 1 aromatic rings. The van der Waals surface area contributed by atoms with Gasteiger partial charge >= 0.3 is 12.1 Å². The molecule has 62 heavy (non-hydrogen) atoms. The third kappa shape index (κ3) is 16.2. The summed E-state index contributed by atoms with van der Waals surface area (Å²) in [5, 5.41) is 8.43. The normalized spacial score (nSPS) is 15.7. The molecule has 1 aliphatic heterocycles. The van der Waals surface area contributed by atoms with Crippen molar-refractivity contribution >= 4 is 47.4 Å². The Bertz CT molecular complexity index is 1850. The Labute approximate surface area is 368 Å². The number of Topliss-reactive ketones (excluding diaryl/α,β-unsaturated/α-hetero) is 1. The molecule has 1 aliphatic rings. The van der Waals surface area contributed by atoms with Crippen molar-refractivity contribution in [2.75, 3.05) is 13.6 Å². The monoisotopic (exact) mass is 866 g/mol. The van der Waals surface area contributed by atoms with Crippen LogP contribution in [0.25, 0.3) is 0 Å². The van der Waals surface area contributed by atoms with Crippen molar-refractivity contribution < 1.29 is 47.8 Å². The predicted octanol–water partition coefficient (Wildman–Crippen LogP) is 5.70. The first-order chi connectivity index (χ1) is 28.3. The van der Waals surface area contributed by atoms with E-state index < -0.39 is 87.8 Å². The first-order valence-electron chi connectivity index (χ1n) is 21.2. The number of ketones is 1. The van der Waals surface area contributed by atoms with Gasteiger partial charge < -0.3 is 30.3 Å². The Balaban J connectivity index is 2.34. The van der Waals surface area contributed by atoms with Crippen molar-refractivity contribution in [2.45, 2.75) is 163 Å². The number of nitrogens with zero attached hydrogens (tertiary/aromatic N) is 2. The Kier molecular flexibility index (Phi) is 18.4. The molecule has 0 fully saturated rings. The first-order valence-corrected chi connectivity index (χ1v) is 21.2. The maximum absolute atomic E-state index is 14.5. The molecule has 15 nitrogen and oxygen atoms in total. The minimum Gasteiger partial charge on any atom is -0.458 e. The van der Waals surface area contributed by atoms with E-state index in [0.717, 1.165) is 10.5 Å². The lowest BCUT2D eigenvalue weighted by atomic mass is 9.76. The smallest absolute Gasteiger partial charge is 0.408 e. The maximum Gasteiger partial charge on any atom is 0.408 e. The van der Waals surface area contributed by atoms with Gasteiger partial charge in [-0.05, 0) is 78.2 Å². The molecule has 6 amide bonds. The van der Waals surface area contributed by atoms with Crippen LogP contribution in [0.1, 0.15) is 128 Å². The third-order valence-electron chi connectivity index (χ3n) is 10.3. The number of benzene rings is 1. The Hall–Kier alpha value is -5.34. The molecule has 0 radical (unpaired) electrons. The second-order valence-corrected chi connectivity index (χ2v) is 19.9. The number of imide groups is 1. The van der Waals surface area contributed by atoms with Crippen LogP contribution in [0.15, 0.2) is 54.1 Å². The van der Waals surface area contributed by atoms with Crippen molar-refractivity contribution in [3.63, 3.8) is 0 Å². The lowest BCUT2D eigenvalue weighted by Gasteiger charge is -2.40. The second-order valence-electron chi connectivity index (χ2n) is 19.9. The molecular weight excluding hydrogens is 795 g/mol. The first kappa shape index (κ1) is 52.8. The lowest BCUT2D eigenvalue weighted by Crippen LogP contribution is -2.63. The van der Waals surface area contributed by atoms with Gasteiger partial charge in [-0.2, -0.15) is 0 Å². The number of esters is 1. The Morgan fingerprint density at radius 2 is 1.31 bits per heavy atom. The molecule has 0 unspecified atom stereocenters. The molecule has 0 bridgehead atoms. The summed E-state index contributed by atoms with van der Waals surface area (Å²) in [7, 11) is 1.59. The number of carbonyl (C=O) groups is 8. The quantitative estimate of drug-likeness (QED) is 0.0882. The molecule has 0 saturated carbocycles. The molecule has 15 heteroatoms. The zero-order valence-corrected chi connectivity index (χ0v) is 39.5. The highest BCUT2D eigenvalue weighted by atomic mass is 16.6. The number of alkyl carbamates (subject to hydrolysis) is 1. The molecule has 0 spiro atoms. The zero-order valence-electron chi connectivity index (χ0n) is 39.5. The minimum atomic E-state index is -1.18. The molecular formula is C47H71N5O10. The van der Waals surface area contributed by atoms with Crippen LogP contribution >= 0.6 is 0 Å². The number of ether oxygens (including phenoxy) is 2. The van der Waals surface area contributed by atoms with Crippen molar-refractivity contribution in [2.24, 2.45) is 11.3 Å². The number of hydrogen-bond acceptors (Lipinski definition) is 10. The van der Waals surface area contributed by atoms with Crippen LogP contribution in [0.4, 0.5) is 4.79 Å². The van der Waals surface area contributed by atoms with E-state index in [-0.39, 0.29) is 49.5 Å². The number of carbonyl (C=O) groups excluding carboxylic acids is 8. The van der Waals surface area contributed by atoms with Gasteiger partial charge in [0.05, 0.1) is 6.04 Å². The molecule has 0 saturated heterocycles. The molecule has 0 aliphatic carbocycles. The van der Waals surface area contributed by atoms with E-state index in [0.29, 0.717) is 0 Å². The van der Waals surface area contributed by atoms with Crippen LogP contribution in [0.5, 0.6) is 0 Å². The summed E-state index contributed by atoms with van der Waals surface area (Å²) in [6, 6.07) is 5.16. The molecule has 1 aromatic carbocycles. The van der Waals surface area contributed by atoms with E-state index >= 15 is 0 Å². The van der Waals surface area contributed by atoms with E-state index in [9.17, 15) is 38.4 Å². The standard InChI is InChI=1S/C47H71N5O10/c1-29(2)34(28-30(3)39(56)48-33(42(59)61-45(7,8)9)24-23-32(53)22-19-27-52-35(54)25-26-36(52)55)51(15)41(58)38(44(4,5)6)49-40(57)37(50-43(60)62-46(10,11)12)47(13,14)31-20-17-16-18-21-31/h16-18,20-21,25-26,28-29,33-34,37-38H,19,22-24,27H2,1-15H3,(H,48,56)(H,49,57)(H,50,60)/b30-28+/t33-,34-,37-,38-/m1/s1. The van der Waals surface area contributed by atoms with Crippen LogP contribution in [-0.2, 0) is 48.5 Å². The fourth-order valence-electron chi connectivity index (χ4n) is 6.75. The van der Waals surface area contributed by atoms with Gasteiger partial charge in [0.25, 0.3) is 11.8 Å². The van der Waals surface area contributed by atoms with E-state index in [4.69, 9.17) is 9.47 Å². The molecule has 344 valence electrons. The lowest BCUT2D eigenvalue weighted by molar-refractivity contribution is -0.158. The van der Waals surface area contributed by atoms with Gasteiger partial charge in [0.2, 0.25) is 17.7 Å². The number of likely N-dealkylation sites (N-methyl/N-ethyl adjacent to an activating group) is 1. The Morgan fingerprint density at radius 1 is 0.758 bits per heavy atom. The summed E-state index contributed by atoms with van der Waals surface area (Å²) < 4.78 is 11.1. The number of nitrogens with one attached hydrogen (secondary N) is 3. The topological polar surface area (TPSA) is 198 Å². The summed E-state index contributed by atoms with van der Waals surface area (Å²) in [4.78, 5) is 108. The fraction of sp³-hybridized carbons (Fsp3) is 0.617. The molecule has 2 rings (SSSR count). The predicted molar refractivity (Wildman–Crippen MR) is 236 cm³/mol. The fourth-order valence-corrected chi connectivity index (χ4v) is 6.75. The molecule has 3 N–H and O–H groups in total. The van der Waals surface area contributed by atoms with E-state index in [1.807, 2.05) is 78.8 Å². The van der Waals surface area contributed by atoms with Gasteiger partial charge in [-0.15, -0.1) is 0 Å². The SMILES string of the molecule is C/C(=C\[C@H](C(C)C)N(C)C(=O)[C@@H](NC(=O)[C@@H](NC(=O)OC(C)(C)C)C(C)(C)c1ccccc1)C(C)(C)C)C(=O)N[C@H](CCC(=O)CCCN1C(=O)C=CC1=O)C(=O)OC(C)(C)C. The van der Waals surface area contributed by atoms with Crippen molar-refractivity contribution in [3.05, 3.63) is 59.7 Å². The highest BCUT2D eigenvalue weighted by Crippen LogP contribution is 2.30. The molecule has 1 heterocycles. The number of rotatable bonds is 19. The van der Waals surface area contributed by atoms with Crippen LogP contribution in [0.2, 0.25) is 0 Å². The summed E-state index contributed by atoms with van der Waals surface area (Å²) in [6.45, 7) is 24.7. The van der Waals surface area contributed by atoms with Crippen LogP contribution in [0.3, 0.4) is 0 Å². The van der Waals surface area contributed by atoms with Crippen LogP contribution < -0.4 is 16.0 Å². The summed E-state index contributed by atoms with van der Waals surface area (Å²) in [6.07, 6.45) is 3.36. The molecule has 0 aromatic heterocycles. The highest BCUT2D eigenvalue weighted by Gasteiger charge is 2.43. The van der Waals surface area contributed by atoms with E-state index in [2.05, 4.69) is 16.0 Å². The Morgan fingerprint density at radius 3 is 1.81 bits per heavy atom. The van der Waals surface area contributed by atoms with Crippen LogP contribution in [-0.4, -0.2) is 106 Å². The maximum atomic E-state index is 14.5. The van der Waals surface area contributed by atoms with E-state index in [1.165, 1.54) is 17.1 Å². The minimum absolute atomic E-state index is 0.0558. The van der Waals surface area contributed by atoms with Gasteiger partial charge in [-0.3, -0.25) is 33.7 Å². The average molecular weight is 866 g/mol. The molecule has 4 atom stereocenters. The summed E-state index contributed by atoms with van der Waals surface area (Å²) in [5.41, 5.74) is -2.52. The van der Waals surface area contributed by atoms with Crippen molar-refractivity contribution in [1.29, 1.82) is 0 Å². The van der Waals surface area contributed by atoms with Crippen molar-refractivity contribution in [3.8, 4) is 0 Å². The second kappa shape index (κ2) is 21.6. The van der Waals surface area contributed by atoms with Crippen molar-refractivity contribution in [1.82, 2.24) is 25.8 Å². The zero-order chi connectivity index (χ0) is 47.5. The summed E-state index contributed by atoms with van der Waals surface area (Å²) >= 11 is 0. The number of amides is 6. The van der Waals surface area contributed by atoms with Gasteiger partial charge in [0.1, 0.15) is 35.1 Å². The van der Waals surface area contributed by atoms with Gasteiger partial charge in [-0.1, -0.05) is 84.9 Å². The van der Waals surface area contributed by atoms with Gasteiger partial charge in [0, 0.05) is 49.6 Å². The number of hydrogen-bond donors (Lipinski definition) is 3. The van der Waals surface area contributed by atoms with E-state index in [1.54, 1.807) is 61.6 Å². The third-order valence-corrected chi connectivity index (χ3v) is 10.3. The van der Waals surface area contributed by atoms with Gasteiger partial charge in [-0.25, -0.2) is 9.59 Å². The highest BCUT2D eigenvalue weighted by molar-refractivity contribution is 6.12. The average Bonchev–Trinajstić information content (AvgIpc) is 3.46. The summed E-state index contributed by atoms with van der Waals surface area (Å²) in [5.74, 6) is -3.68. The van der Waals surface area contributed by atoms with Gasteiger partial charge in [0.15, 0.2) is 0 Å². The largest absolute Gasteiger partial charge is 0.458 e.